The van der Waals surface area contributed by atoms with Gasteiger partial charge >= 0.3 is 0 Å². The molecule has 4 aromatic rings. The number of hydrogen-bond donors (Lipinski definition) is 0. The Labute approximate surface area is 210 Å². The number of piperazine rings is 1. The van der Waals surface area contributed by atoms with Gasteiger partial charge in [-0.05, 0) is 55.5 Å². The molecule has 1 unspecified atom stereocenters. The minimum absolute atomic E-state index is 0.125. The third-order valence-electron chi connectivity index (χ3n) is 6.34. The second-order valence-corrected chi connectivity index (χ2v) is 10.4. The minimum atomic E-state index is -3.58. The molecule has 186 valence electrons. The van der Waals surface area contributed by atoms with Crippen molar-refractivity contribution in [1.29, 1.82) is 0 Å². The van der Waals surface area contributed by atoms with Crippen LogP contribution in [0.15, 0.2) is 78.0 Å². The lowest BCUT2D eigenvalue weighted by molar-refractivity contribution is 0.141. The molecule has 0 aliphatic carbocycles. The number of methoxy groups -OCH3 is 1. The fourth-order valence-electron chi connectivity index (χ4n) is 4.24. The van der Waals surface area contributed by atoms with Crippen LogP contribution in [0.2, 0.25) is 0 Å². The van der Waals surface area contributed by atoms with Crippen LogP contribution >= 0.6 is 0 Å². The number of sulfonamides is 1. The predicted molar refractivity (Wildman–Crippen MR) is 136 cm³/mol. The van der Waals surface area contributed by atoms with Gasteiger partial charge in [0.05, 0.1) is 29.0 Å². The van der Waals surface area contributed by atoms with E-state index < -0.39 is 10.0 Å². The first kappa shape index (κ1) is 24.1. The maximum Gasteiger partial charge on any atom is 0.243 e. The Balaban J connectivity index is 1.34. The zero-order valence-corrected chi connectivity index (χ0v) is 20.9. The molecule has 36 heavy (non-hydrogen) atoms. The maximum absolute atomic E-state index is 13.1. The second kappa shape index (κ2) is 10.2. The molecule has 0 bridgehead atoms. The monoisotopic (exact) mass is 505 g/mol. The molecule has 5 rings (SSSR count). The van der Waals surface area contributed by atoms with Gasteiger partial charge in [-0.1, -0.05) is 12.1 Å². The number of pyridine rings is 1. The van der Waals surface area contributed by atoms with Gasteiger partial charge in [-0.25, -0.2) is 13.4 Å². The average molecular weight is 506 g/mol. The molecule has 2 aromatic carbocycles. The molecule has 1 aliphatic heterocycles. The van der Waals surface area contributed by atoms with Gasteiger partial charge in [0.15, 0.2) is 0 Å². The zero-order chi connectivity index (χ0) is 25.1. The highest BCUT2D eigenvalue weighted by Crippen LogP contribution is 2.30. The molecular formula is C26H27N5O4S. The van der Waals surface area contributed by atoms with Crippen LogP contribution in [-0.2, 0) is 10.0 Å². The van der Waals surface area contributed by atoms with Crippen molar-refractivity contribution in [3.8, 4) is 17.4 Å². The SMILES string of the molecule is COc1ccc(S(=O)(=O)N2CCN(C(C)c3nc(Oc4ccncc4)c4ccccc4n3)CC2)cc1. The summed E-state index contributed by atoms with van der Waals surface area (Å²) in [5.41, 5.74) is 0.791. The predicted octanol–water partition coefficient (Wildman–Crippen LogP) is 3.89. The van der Waals surface area contributed by atoms with Crippen LogP contribution in [-0.4, -0.2) is 65.9 Å². The van der Waals surface area contributed by atoms with E-state index >= 15 is 0 Å². The number of aromatic nitrogens is 3. The van der Waals surface area contributed by atoms with Gasteiger partial charge in [-0.3, -0.25) is 9.88 Å². The van der Waals surface area contributed by atoms with Crippen molar-refractivity contribution in [1.82, 2.24) is 24.2 Å². The Bertz CT molecular complexity index is 1440. The first-order valence-corrected chi connectivity index (χ1v) is 13.1. The molecule has 3 heterocycles. The third-order valence-corrected chi connectivity index (χ3v) is 8.25. The summed E-state index contributed by atoms with van der Waals surface area (Å²) in [6.45, 7) is 3.92. The van der Waals surface area contributed by atoms with Gasteiger partial charge in [0, 0.05) is 38.6 Å². The molecule has 1 fully saturated rings. The van der Waals surface area contributed by atoms with Crippen LogP contribution in [0.25, 0.3) is 10.9 Å². The van der Waals surface area contributed by atoms with E-state index in [1.54, 1.807) is 55.9 Å². The Morgan fingerprint density at radius 1 is 0.861 bits per heavy atom. The summed E-state index contributed by atoms with van der Waals surface area (Å²) in [4.78, 5) is 16.1. The highest BCUT2D eigenvalue weighted by molar-refractivity contribution is 7.89. The number of rotatable bonds is 7. The topological polar surface area (TPSA) is 97.8 Å². The fourth-order valence-corrected chi connectivity index (χ4v) is 5.66. The summed E-state index contributed by atoms with van der Waals surface area (Å²) in [6, 6.07) is 17.6. The standard InChI is InChI=1S/C26H27N5O4S/c1-19(30-15-17-31(18-16-30)36(32,33)22-9-7-20(34-2)8-10-22)25-28-24-6-4-3-5-23(24)26(29-25)35-21-11-13-27-14-12-21/h3-14,19H,15-18H2,1-2H3. The molecule has 1 saturated heterocycles. The summed E-state index contributed by atoms with van der Waals surface area (Å²) in [7, 11) is -2.02. The first-order valence-electron chi connectivity index (χ1n) is 11.7. The summed E-state index contributed by atoms with van der Waals surface area (Å²) in [5.74, 6) is 2.37. The van der Waals surface area contributed by atoms with Crippen molar-refractivity contribution >= 4 is 20.9 Å². The van der Waals surface area contributed by atoms with Crippen molar-refractivity contribution in [3.05, 3.63) is 78.9 Å². The lowest BCUT2D eigenvalue weighted by Gasteiger charge is -2.36. The van der Waals surface area contributed by atoms with Crippen LogP contribution in [0, 0.1) is 0 Å². The average Bonchev–Trinajstić information content (AvgIpc) is 2.93. The Kier molecular flexibility index (Phi) is 6.82. The number of para-hydroxylation sites is 1. The summed E-state index contributed by atoms with van der Waals surface area (Å²) >= 11 is 0. The van der Waals surface area contributed by atoms with Crippen molar-refractivity contribution in [3.63, 3.8) is 0 Å². The number of hydrogen-bond acceptors (Lipinski definition) is 8. The van der Waals surface area contributed by atoms with E-state index in [4.69, 9.17) is 19.4 Å². The van der Waals surface area contributed by atoms with Crippen LogP contribution in [0.1, 0.15) is 18.8 Å². The summed E-state index contributed by atoms with van der Waals surface area (Å²) in [6.07, 6.45) is 3.34. The van der Waals surface area contributed by atoms with Crippen molar-refractivity contribution in [2.75, 3.05) is 33.3 Å². The highest BCUT2D eigenvalue weighted by Gasteiger charge is 2.31. The lowest BCUT2D eigenvalue weighted by atomic mass is 10.2. The lowest BCUT2D eigenvalue weighted by Crippen LogP contribution is -2.49. The van der Waals surface area contributed by atoms with E-state index in [2.05, 4.69) is 9.88 Å². The first-order chi connectivity index (χ1) is 17.5. The van der Waals surface area contributed by atoms with Crippen molar-refractivity contribution in [2.24, 2.45) is 0 Å². The van der Waals surface area contributed by atoms with Crippen molar-refractivity contribution < 1.29 is 17.9 Å². The van der Waals surface area contributed by atoms with E-state index in [0.717, 1.165) is 10.9 Å². The van der Waals surface area contributed by atoms with Gasteiger partial charge < -0.3 is 9.47 Å². The summed E-state index contributed by atoms with van der Waals surface area (Å²) in [5, 5.41) is 0.820. The Hall–Kier alpha value is -3.60. The van der Waals surface area contributed by atoms with Gasteiger partial charge in [0.25, 0.3) is 0 Å². The van der Waals surface area contributed by atoms with E-state index in [0.29, 0.717) is 49.4 Å². The second-order valence-electron chi connectivity index (χ2n) is 8.48. The van der Waals surface area contributed by atoms with Crippen LogP contribution < -0.4 is 9.47 Å². The number of nitrogens with zero attached hydrogens (tertiary/aromatic N) is 5. The molecule has 10 heteroatoms. The smallest absolute Gasteiger partial charge is 0.243 e. The molecule has 2 aromatic heterocycles. The normalized spacial score (nSPS) is 16.1. The van der Waals surface area contributed by atoms with Gasteiger partial charge in [0.1, 0.15) is 17.3 Å². The van der Waals surface area contributed by atoms with Gasteiger partial charge in [-0.15, -0.1) is 0 Å². The van der Waals surface area contributed by atoms with E-state index in [1.807, 2.05) is 31.2 Å². The molecule has 0 N–H and O–H groups in total. The van der Waals surface area contributed by atoms with Crippen LogP contribution in [0.5, 0.6) is 17.4 Å². The molecule has 0 amide bonds. The number of benzene rings is 2. The molecule has 0 radical (unpaired) electrons. The number of ether oxygens (including phenoxy) is 2. The zero-order valence-electron chi connectivity index (χ0n) is 20.1. The molecule has 1 aliphatic rings. The van der Waals surface area contributed by atoms with E-state index in [9.17, 15) is 8.42 Å². The van der Waals surface area contributed by atoms with Crippen LogP contribution in [0.4, 0.5) is 0 Å². The molecule has 9 nitrogen and oxygen atoms in total. The molecule has 1 atom stereocenters. The largest absolute Gasteiger partial charge is 0.497 e. The van der Waals surface area contributed by atoms with Crippen LogP contribution in [0.3, 0.4) is 0 Å². The minimum Gasteiger partial charge on any atom is -0.497 e. The Morgan fingerprint density at radius 2 is 1.56 bits per heavy atom. The van der Waals surface area contributed by atoms with E-state index in [1.165, 1.54) is 4.31 Å². The van der Waals surface area contributed by atoms with Crippen molar-refractivity contribution in [2.45, 2.75) is 17.9 Å². The summed E-state index contributed by atoms with van der Waals surface area (Å²) < 4.78 is 39.0. The highest BCUT2D eigenvalue weighted by atomic mass is 32.2. The molecule has 0 spiro atoms. The molecular weight excluding hydrogens is 478 g/mol. The fraction of sp³-hybridized carbons (Fsp3) is 0.269. The van der Waals surface area contributed by atoms with Gasteiger partial charge in [-0.2, -0.15) is 9.29 Å². The molecule has 0 saturated carbocycles. The quantitative estimate of drug-likeness (QED) is 0.373. The third kappa shape index (κ3) is 4.88. The van der Waals surface area contributed by atoms with E-state index in [-0.39, 0.29) is 10.9 Å². The van der Waals surface area contributed by atoms with Gasteiger partial charge in [0.2, 0.25) is 15.9 Å². The Morgan fingerprint density at radius 3 is 2.25 bits per heavy atom. The maximum atomic E-state index is 13.1. The number of fused-ring (bicyclic) bond motifs is 1.